The van der Waals surface area contributed by atoms with Crippen molar-refractivity contribution < 1.29 is 13.8 Å². The second-order valence-corrected chi connectivity index (χ2v) is 15.4. The third-order valence-corrected chi connectivity index (χ3v) is 9.56. The summed E-state index contributed by atoms with van der Waals surface area (Å²) in [4.78, 5) is 37.7. The molecule has 5 rings (SSSR count). The summed E-state index contributed by atoms with van der Waals surface area (Å²) in [5.74, 6) is -0.200. The molecule has 1 saturated carbocycles. The Hall–Kier alpha value is -2.31. The number of carbonyl (C=O) groups excluding carboxylic acids is 2. The van der Waals surface area contributed by atoms with Crippen molar-refractivity contribution in [1.29, 1.82) is 0 Å². The van der Waals surface area contributed by atoms with Gasteiger partial charge in [0.05, 0.1) is 5.69 Å². The van der Waals surface area contributed by atoms with Crippen LogP contribution in [0.4, 0.5) is 0 Å². The van der Waals surface area contributed by atoms with Crippen molar-refractivity contribution in [3.8, 4) is 0 Å². The SMILES string of the molecule is CN1CCc2nc(C(=O)N[C@@H]3C[C@@H](CN[SH](C)(C)=O)CC[C@@H]3NC(=O)c3cc4cc(Cl)ccc4[nH]3)sc2C1. The number of rotatable bonds is 7. The molecule has 12 heteroatoms. The number of thiol groups is 1. The molecule has 38 heavy (non-hydrogen) atoms. The lowest BCUT2D eigenvalue weighted by atomic mass is 9.82. The van der Waals surface area contributed by atoms with Crippen LogP contribution >= 0.6 is 22.9 Å². The predicted octanol–water partition coefficient (Wildman–Crippen LogP) is 2.74. The Morgan fingerprint density at radius 3 is 2.76 bits per heavy atom. The molecule has 206 valence electrons. The highest BCUT2D eigenvalue weighted by Crippen LogP contribution is 2.28. The summed E-state index contributed by atoms with van der Waals surface area (Å²) in [7, 11) is -0.297. The highest BCUT2D eigenvalue weighted by molar-refractivity contribution is 7.99. The fourth-order valence-corrected chi connectivity index (χ4v) is 7.22. The zero-order valence-electron chi connectivity index (χ0n) is 21.8. The number of fused-ring (bicyclic) bond motifs is 2. The van der Waals surface area contributed by atoms with Crippen LogP contribution in [-0.2, 0) is 23.1 Å². The second-order valence-electron chi connectivity index (χ2n) is 10.8. The van der Waals surface area contributed by atoms with E-state index in [1.54, 1.807) is 24.6 Å². The molecule has 0 bridgehead atoms. The topological polar surface area (TPSA) is 119 Å². The summed E-state index contributed by atoms with van der Waals surface area (Å²) in [6.45, 7) is 2.35. The number of benzene rings is 1. The van der Waals surface area contributed by atoms with E-state index in [-0.39, 0.29) is 29.8 Å². The van der Waals surface area contributed by atoms with Crippen LogP contribution in [0.3, 0.4) is 0 Å². The lowest BCUT2D eigenvalue weighted by Gasteiger charge is -2.37. The van der Waals surface area contributed by atoms with Crippen molar-refractivity contribution in [2.75, 3.05) is 32.6 Å². The molecule has 4 N–H and O–H groups in total. The zero-order chi connectivity index (χ0) is 27.0. The van der Waals surface area contributed by atoms with Crippen LogP contribution in [0, 0.1) is 5.92 Å². The van der Waals surface area contributed by atoms with Gasteiger partial charge in [0.25, 0.3) is 11.8 Å². The molecule has 2 aromatic heterocycles. The van der Waals surface area contributed by atoms with Crippen LogP contribution in [0.15, 0.2) is 24.3 Å². The Kier molecular flexibility index (Phi) is 7.93. The zero-order valence-corrected chi connectivity index (χ0v) is 24.3. The Balaban J connectivity index is 1.31. The molecule has 1 fully saturated rings. The van der Waals surface area contributed by atoms with E-state index in [1.807, 2.05) is 12.1 Å². The second kappa shape index (κ2) is 11.1. The van der Waals surface area contributed by atoms with Gasteiger partial charge in [-0.25, -0.2) is 4.98 Å². The molecule has 2 aliphatic rings. The van der Waals surface area contributed by atoms with Crippen LogP contribution in [-0.4, -0.2) is 75.6 Å². The van der Waals surface area contributed by atoms with Crippen LogP contribution in [0.2, 0.25) is 5.02 Å². The number of nitrogens with one attached hydrogen (secondary N) is 4. The van der Waals surface area contributed by atoms with E-state index in [9.17, 15) is 13.8 Å². The van der Waals surface area contributed by atoms with Crippen LogP contribution < -0.4 is 15.4 Å². The van der Waals surface area contributed by atoms with Gasteiger partial charge in [-0.2, -0.15) is 0 Å². The van der Waals surface area contributed by atoms with Gasteiger partial charge in [0.2, 0.25) is 0 Å². The maximum absolute atomic E-state index is 13.3. The van der Waals surface area contributed by atoms with Gasteiger partial charge >= 0.3 is 0 Å². The molecule has 1 aliphatic heterocycles. The quantitative estimate of drug-likeness (QED) is 0.276. The summed E-state index contributed by atoms with van der Waals surface area (Å²) in [6.07, 6.45) is 6.49. The number of hydrogen-bond acceptors (Lipinski definition) is 6. The van der Waals surface area contributed by atoms with Gasteiger partial charge in [-0.15, -0.1) is 11.3 Å². The first-order valence-corrected chi connectivity index (χ1v) is 16.7. The molecule has 0 saturated heterocycles. The fourth-order valence-electron chi connectivity index (χ4n) is 5.25. The number of thiazole rings is 1. The highest BCUT2D eigenvalue weighted by atomic mass is 35.5. The van der Waals surface area contributed by atoms with E-state index in [0.29, 0.717) is 35.1 Å². The van der Waals surface area contributed by atoms with E-state index < -0.39 is 10.1 Å². The maximum Gasteiger partial charge on any atom is 0.280 e. The number of nitrogens with zero attached hydrogens (tertiary/aromatic N) is 2. The van der Waals surface area contributed by atoms with Gasteiger partial charge in [-0.1, -0.05) is 21.7 Å². The summed E-state index contributed by atoms with van der Waals surface area (Å²) in [5.41, 5.74) is 2.29. The van der Waals surface area contributed by atoms with Crippen molar-refractivity contribution in [2.45, 2.75) is 44.3 Å². The first-order valence-electron chi connectivity index (χ1n) is 12.9. The number of likely N-dealkylation sites (N-methyl/N-ethyl adjacent to an activating group) is 1. The molecule has 3 aromatic rings. The molecule has 0 spiro atoms. The number of H-pyrrole nitrogens is 1. The van der Waals surface area contributed by atoms with E-state index in [0.717, 1.165) is 47.4 Å². The number of carbonyl (C=O) groups is 2. The first-order chi connectivity index (χ1) is 18.0. The Morgan fingerprint density at radius 2 is 1.97 bits per heavy atom. The number of aromatic amines is 1. The smallest absolute Gasteiger partial charge is 0.280 e. The summed E-state index contributed by atoms with van der Waals surface area (Å²) in [6, 6.07) is 6.72. The molecule has 0 unspecified atom stereocenters. The largest absolute Gasteiger partial charge is 0.351 e. The van der Waals surface area contributed by atoms with Gasteiger partial charge in [-0.3, -0.25) is 18.5 Å². The summed E-state index contributed by atoms with van der Waals surface area (Å²) >= 11 is 7.55. The predicted molar refractivity (Wildman–Crippen MR) is 155 cm³/mol. The van der Waals surface area contributed by atoms with Gasteiger partial charge in [-0.05, 0) is 56.5 Å². The van der Waals surface area contributed by atoms with E-state index >= 15 is 0 Å². The minimum atomic E-state index is -2.37. The lowest BCUT2D eigenvalue weighted by Crippen LogP contribution is -2.55. The number of halogens is 1. The summed E-state index contributed by atoms with van der Waals surface area (Å²) in [5, 5.41) is 8.27. The molecule has 2 amide bonds. The van der Waals surface area contributed by atoms with E-state index in [2.05, 4.69) is 37.3 Å². The Morgan fingerprint density at radius 1 is 1.18 bits per heavy atom. The fraction of sp³-hybridized carbons (Fsp3) is 0.500. The van der Waals surface area contributed by atoms with Gasteiger partial charge < -0.3 is 20.5 Å². The number of amides is 2. The first kappa shape index (κ1) is 27.3. The molecule has 3 heterocycles. The average Bonchev–Trinajstić information content (AvgIpc) is 3.47. The summed E-state index contributed by atoms with van der Waals surface area (Å²) < 4.78 is 15.4. The van der Waals surface area contributed by atoms with Crippen molar-refractivity contribution >= 4 is 55.8 Å². The maximum atomic E-state index is 13.3. The molecule has 1 aromatic carbocycles. The normalized spacial score (nSPS) is 22.7. The molecule has 1 aliphatic carbocycles. The van der Waals surface area contributed by atoms with Gasteiger partial charge in [0.1, 0.15) is 5.69 Å². The van der Waals surface area contributed by atoms with Crippen molar-refractivity contribution in [1.82, 2.24) is 30.2 Å². The van der Waals surface area contributed by atoms with E-state index in [4.69, 9.17) is 11.6 Å². The van der Waals surface area contributed by atoms with Crippen LogP contribution in [0.5, 0.6) is 0 Å². The van der Waals surface area contributed by atoms with Gasteiger partial charge in [0.15, 0.2) is 5.01 Å². The Labute approximate surface area is 232 Å². The van der Waals surface area contributed by atoms with Crippen LogP contribution in [0.1, 0.15) is 50.1 Å². The standard InChI is InChI=1S/C26H35ClN6O3S2/c1-33-9-8-20-23(14-33)37-26(32-20)25(35)31-21-10-15(13-28-38(2,3)36)4-6-19(21)30-24(34)22-12-16-11-17(27)5-7-18(16)29-22/h5,7,11-12,15,19,21,29,38H,4,6,8-10,13-14H2,1-3H3,(H,28,36)(H,30,34)(H,31,35)/t15-,19-,21+/m0/s1. The highest BCUT2D eigenvalue weighted by Gasteiger charge is 2.34. The number of hydrogen-bond donors (Lipinski definition) is 5. The number of aromatic nitrogens is 2. The third kappa shape index (κ3) is 6.45. The van der Waals surface area contributed by atoms with Gasteiger partial charge in [0, 0.05) is 71.5 Å². The minimum absolute atomic E-state index is 0.207. The third-order valence-electron chi connectivity index (χ3n) is 7.30. The lowest BCUT2D eigenvalue weighted by molar-refractivity contribution is 0.0843. The average molecular weight is 579 g/mol. The van der Waals surface area contributed by atoms with E-state index in [1.165, 1.54) is 11.3 Å². The molecule has 9 nitrogen and oxygen atoms in total. The van der Waals surface area contributed by atoms with Crippen molar-refractivity contribution in [3.05, 3.63) is 50.6 Å². The molecule has 0 radical (unpaired) electrons. The molecular formula is C26H35ClN6O3S2. The van der Waals surface area contributed by atoms with Crippen LogP contribution in [0.25, 0.3) is 10.9 Å². The molecular weight excluding hydrogens is 544 g/mol. The monoisotopic (exact) mass is 578 g/mol. The Bertz CT molecular complexity index is 1400. The van der Waals surface area contributed by atoms with Crippen molar-refractivity contribution in [2.24, 2.45) is 5.92 Å². The molecule has 3 atom stereocenters. The minimum Gasteiger partial charge on any atom is -0.351 e. The van der Waals surface area contributed by atoms with Crippen molar-refractivity contribution in [3.63, 3.8) is 0 Å².